The number of rotatable bonds is 6. The van der Waals surface area contributed by atoms with Crippen molar-refractivity contribution in [3.63, 3.8) is 0 Å². The van der Waals surface area contributed by atoms with Crippen molar-refractivity contribution in [2.24, 2.45) is 0 Å². The lowest BCUT2D eigenvalue weighted by atomic mass is 10.1. The summed E-state index contributed by atoms with van der Waals surface area (Å²) < 4.78 is 2.73. The molecular formula is C17H18N4O3. The maximum Gasteiger partial charge on any atom is 0.350 e. The zero-order chi connectivity index (χ0) is 16.9. The van der Waals surface area contributed by atoms with Crippen LogP contribution in [0.2, 0.25) is 0 Å². The Hall–Kier alpha value is -2.93. The van der Waals surface area contributed by atoms with Gasteiger partial charge in [-0.15, -0.1) is 5.10 Å². The number of aromatic nitrogens is 3. The van der Waals surface area contributed by atoms with Gasteiger partial charge in [0.1, 0.15) is 0 Å². The van der Waals surface area contributed by atoms with E-state index in [1.165, 1.54) is 9.08 Å². The fourth-order valence-corrected chi connectivity index (χ4v) is 2.43. The molecule has 124 valence electrons. The van der Waals surface area contributed by atoms with Crippen LogP contribution in [0, 0.1) is 0 Å². The molecule has 7 heteroatoms. The Morgan fingerprint density at radius 1 is 1.17 bits per heavy atom. The number of pyridine rings is 1. The molecule has 24 heavy (non-hydrogen) atoms. The third kappa shape index (κ3) is 3.52. The number of aliphatic hydroxyl groups excluding tert-OH is 1. The van der Waals surface area contributed by atoms with Gasteiger partial charge in [0.25, 0.3) is 0 Å². The van der Waals surface area contributed by atoms with Gasteiger partial charge >= 0.3 is 5.69 Å². The Bertz CT molecular complexity index is 896. The maximum absolute atomic E-state index is 12.1. The number of hydrogen-bond acceptors (Lipinski definition) is 4. The van der Waals surface area contributed by atoms with Crippen molar-refractivity contribution < 1.29 is 9.90 Å². The zero-order valence-electron chi connectivity index (χ0n) is 13.1. The third-order valence-corrected chi connectivity index (χ3v) is 3.68. The summed E-state index contributed by atoms with van der Waals surface area (Å²) in [6.45, 7) is 0.314. The Morgan fingerprint density at radius 3 is 2.67 bits per heavy atom. The van der Waals surface area contributed by atoms with Crippen molar-refractivity contribution >= 4 is 17.2 Å². The van der Waals surface area contributed by atoms with E-state index in [0.29, 0.717) is 17.8 Å². The van der Waals surface area contributed by atoms with E-state index in [1.807, 2.05) is 12.1 Å². The van der Waals surface area contributed by atoms with Crippen LogP contribution in [-0.4, -0.2) is 31.8 Å². The quantitative estimate of drug-likeness (QED) is 0.709. The number of benzene rings is 1. The molecule has 0 atom stereocenters. The molecule has 0 spiro atoms. The molecule has 1 amide bonds. The van der Waals surface area contributed by atoms with Gasteiger partial charge in [-0.1, -0.05) is 18.2 Å². The first kappa shape index (κ1) is 15.9. The first-order valence-corrected chi connectivity index (χ1v) is 7.71. The lowest BCUT2D eigenvalue weighted by molar-refractivity contribution is -0.116. The molecule has 0 aliphatic rings. The number of carbonyl (C=O) groups is 1. The summed E-state index contributed by atoms with van der Waals surface area (Å²) in [7, 11) is 0. The number of anilines is 1. The molecule has 0 unspecified atom stereocenters. The highest BCUT2D eigenvalue weighted by Crippen LogP contribution is 2.10. The molecule has 3 aromatic rings. The Kier molecular flexibility index (Phi) is 4.72. The SMILES string of the molecule is O=C(CCn1nc2ccccn2c1=O)Nc1ccc(CCO)cc1. The average Bonchev–Trinajstić information content (AvgIpc) is 2.92. The van der Waals surface area contributed by atoms with Crippen molar-refractivity contribution in [2.45, 2.75) is 19.4 Å². The van der Waals surface area contributed by atoms with Gasteiger partial charge in [0.05, 0.1) is 6.54 Å². The van der Waals surface area contributed by atoms with Gasteiger partial charge in [-0.2, -0.15) is 0 Å². The minimum Gasteiger partial charge on any atom is -0.396 e. The number of aryl methyl sites for hydroxylation is 1. The van der Waals surface area contributed by atoms with E-state index in [-0.39, 0.29) is 31.2 Å². The molecule has 0 fully saturated rings. The first-order chi connectivity index (χ1) is 11.7. The highest BCUT2D eigenvalue weighted by atomic mass is 16.3. The summed E-state index contributed by atoms with van der Waals surface area (Å²) in [6.07, 6.45) is 2.39. The summed E-state index contributed by atoms with van der Waals surface area (Å²) in [5, 5.41) is 15.9. The largest absolute Gasteiger partial charge is 0.396 e. The number of aliphatic hydroxyl groups is 1. The van der Waals surface area contributed by atoms with Crippen LogP contribution in [0.15, 0.2) is 53.5 Å². The highest BCUT2D eigenvalue weighted by molar-refractivity contribution is 5.90. The molecule has 0 saturated carbocycles. The predicted molar refractivity (Wildman–Crippen MR) is 89.9 cm³/mol. The van der Waals surface area contributed by atoms with E-state index in [2.05, 4.69) is 10.4 Å². The topological polar surface area (TPSA) is 88.6 Å². The minimum atomic E-state index is -0.258. The van der Waals surface area contributed by atoms with Crippen LogP contribution in [0.3, 0.4) is 0 Å². The Labute approximate surface area is 138 Å². The molecule has 0 saturated heterocycles. The molecular weight excluding hydrogens is 308 g/mol. The Morgan fingerprint density at radius 2 is 1.96 bits per heavy atom. The monoisotopic (exact) mass is 326 g/mol. The molecule has 2 aromatic heterocycles. The maximum atomic E-state index is 12.1. The van der Waals surface area contributed by atoms with Crippen LogP contribution in [0.5, 0.6) is 0 Å². The van der Waals surface area contributed by atoms with Crippen LogP contribution in [0.4, 0.5) is 5.69 Å². The predicted octanol–water partition coefficient (Wildman–Crippen LogP) is 1.06. The van der Waals surface area contributed by atoms with Crippen molar-refractivity contribution in [1.82, 2.24) is 14.2 Å². The summed E-state index contributed by atoms with van der Waals surface area (Å²) in [6, 6.07) is 12.6. The molecule has 0 bridgehead atoms. The second-order valence-corrected chi connectivity index (χ2v) is 5.40. The smallest absolute Gasteiger partial charge is 0.350 e. The van der Waals surface area contributed by atoms with E-state index in [0.717, 1.165) is 5.56 Å². The molecule has 7 nitrogen and oxygen atoms in total. The van der Waals surface area contributed by atoms with E-state index in [1.54, 1.807) is 36.5 Å². The number of amides is 1. The molecule has 0 aliphatic carbocycles. The molecule has 2 heterocycles. The van der Waals surface area contributed by atoms with Crippen molar-refractivity contribution in [2.75, 3.05) is 11.9 Å². The molecule has 1 aromatic carbocycles. The fourth-order valence-electron chi connectivity index (χ4n) is 2.43. The third-order valence-electron chi connectivity index (χ3n) is 3.68. The molecule has 3 rings (SSSR count). The van der Waals surface area contributed by atoms with Crippen molar-refractivity contribution in [3.05, 3.63) is 64.7 Å². The summed E-state index contributed by atoms with van der Waals surface area (Å²) in [4.78, 5) is 24.1. The van der Waals surface area contributed by atoms with Crippen LogP contribution in [-0.2, 0) is 17.8 Å². The highest BCUT2D eigenvalue weighted by Gasteiger charge is 2.08. The second-order valence-electron chi connectivity index (χ2n) is 5.40. The second kappa shape index (κ2) is 7.10. The van der Waals surface area contributed by atoms with Crippen LogP contribution in [0.1, 0.15) is 12.0 Å². The Balaban J connectivity index is 1.60. The van der Waals surface area contributed by atoms with Crippen LogP contribution >= 0.6 is 0 Å². The van der Waals surface area contributed by atoms with E-state index >= 15 is 0 Å². The molecule has 0 aliphatic heterocycles. The van der Waals surface area contributed by atoms with Gasteiger partial charge in [-0.05, 0) is 36.2 Å². The van der Waals surface area contributed by atoms with Gasteiger partial charge in [0.15, 0.2) is 5.65 Å². The van der Waals surface area contributed by atoms with E-state index in [9.17, 15) is 9.59 Å². The number of nitrogens with zero attached hydrogens (tertiary/aromatic N) is 3. The minimum absolute atomic E-state index is 0.0967. The first-order valence-electron chi connectivity index (χ1n) is 7.71. The summed E-state index contributed by atoms with van der Waals surface area (Å²) >= 11 is 0. The van der Waals surface area contributed by atoms with Gasteiger partial charge in [-0.25, -0.2) is 9.48 Å². The lowest BCUT2D eigenvalue weighted by Gasteiger charge is -2.06. The average molecular weight is 326 g/mol. The van der Waals surface area contributed by atoms with Crippen molar-refractivity contribution in [1.29, 1.82) is 0 Å². The fraction of sp³-hybridized carbons (Fsp3) is 0.235. The van der Waals surface area contributed by atoms with Crippen molar-refractivity contribution in [3.8, 4) is 0 Å². The molecule has 0 radical (unpaired) electrons. The normalized spacial score (nSPS) is 10.9. The van der Waals surface area contributed by atoms with Gasteiger partial charge in [0, 0.05) is 24.9 Å². The van der Waals surface area contributed by atoms with Crippen LogP contribution in [0.25, 0.3) is 5.65 Å². The number of fused-ring (bicyclic) bond motifs is 1. The van der Waals surface area contributed by atoms with E-state index in [4.69, 9.17) is 5.11 Å². The molecule has 2 N–H and O–H groups in total. The summed E-state index contributed by atoms with van der Waals surface area (Å²) in [5.74, 6) is -0.186. The van der Waals surface area contributed by atoms with Gasteiger partial charge < -0.3 is 10.4 Å². The zero-order valence-corrected chi connectivity index (χ0v) is 13.1. The number of hydrogen-bond donors (Lipinski definition) is 2. The summed E-state index contributed by atoms with van der Waals surface area (Å²) in [5.41, 5.74) is 1.99. The number of nitrogens with one attached hydrogen (secondary N) is 1. The lowest BCUT2D eigenvalue weighted by Crippen LogP contribution is -2.24. The van der Waals surface area contributed by atoms with Crippen LogP contribution < -0.4 is 11.0 Å². The number of carbonyl (C=O) groups excluding carboxylic acids is 1. The van der Waals surface area contributed by atoms with Gasteiger partial charge in [-0.3, -0.25) is 9.20 Å². The van der Waals surface area contributed by atoms with E-state index < -0.39 is 0 Å². The standard InChI is InChI=1S/C17H18N4O3/c22-12-9-13-4-6-14(7-5-13)18-16(23)8-11-21-17(24)20-10-2-1-3-15(20)19-21/h1-7,10,22H,8-9,11-12H2,(H,18,23). The van der Waals surface area contributed by atoms with Gasteiger partial charge in [0.2, 0.25) is 5.91 Å².